The number of ether oxygens (including phenoxy) is 5. The van der Waals surface area contributed by atoms with Crippen LogP contribution in [0.4, 0.5) is 0 Å². The van der Waals surface area contributed by atoms with Crippen LogP contribution in [0.5, 0.6) is 34.5 Å². The Balaban J connectivity index is 1.85. The van der Waals surface area contributed by atoms with E-state index in [1.54, 1.807) is 0 Å². The van der Waals surface area contributed by atoms with Crippen molar-refractivity contribution in [1.82, 2.24) is 0 Å². The van der Waals surface area contributed by atoms with E-state index in [9.17, 15) is 35.4 Å². The summed E-state index contributed by atoms with van der Waals surface area (Å²) in [5, 5.41) is 60.7. The summed E-state index contributed by atoms with van der Waals surface area (Å²) in [6, 6.07) is 5.40. The molecule has 1 aliphatic rings. The van der Waals surface area contributed by atoms with Gasteiger partial charge in [0.25, 0.3) is 0 Å². The standard InChI is InChI=1S/C24H26O13/c1-32-12-5-4-9(6-11(12)26)20-23(34-3)15(27)10-7-13(22(33-2)19(31)21(10)37-20)35-24-18(30)17(29)16(28)14(8-25)36-24/h4-7,14,16-18,24-26,28-31H,8H2,1-3H3/t14-,16-,17+,18-,24-/m1/s1. The quantitative estimate of drug-likeness (QED) is 0.244. The number of hydrogen-bond acceptors (Lipinski definition) is 13. The van der Waals surface area contributed by atoms with Gasteiger partial charge in [-0.05, 0) is 24.3 Å². The summed E-state index contributed by atoms with van der Waals surface area (Å²) in [6.07, 6.45) is -7.95. The third-order valence-electron chi connectivity index (χ3n) is 5.98. The number of aliphatic hydroxyl groups is 4. The van der Waals surface area contributed by atoms with Crippen molar-refractivity contribution in [2.75, 3.05) is 27.9 Å². The highest BCUT2D eigenvalue weighted by molar-refractivity contribution is 5.90. The number of phenols is 2. The van der Waals surface area contributed by atoms with E-state index in [4.69, 9.17) is 28.1 Å². The maximum absolute atomic E-state index is 13.3. The molecule has 1 aliphatic heterocycles. The third-order valence-corrected chi connectivity index (χ3v) is 5.98. The second-order valence-electron chi connectivity index (χ2n) is 8.13. The highest BCUT2D eigenvalue weighted by atomic mass is 16.7. The van der Waals surface area contributed by atoms with Crippen LogP contribution in [0, 0.1) is 0 Å². The van der Waals surface area contributed by atoms with Gasteiger partial charge in [-0.2, -0.15) is 0 Å². The maximum Gasteiger partial charge on any atom is 0.235 e. The number of hydrogen-bond donors (Lipinski definition) is 6. The Labute approximate surface area is 209 Å². The fourth-order valence-corrected chi connectivity index (χ4v) is 4.04. The molecule has 1 fully saturated rings. The molecule has 13 heteroatoms. The summed E-state index contributed by atoms with van der Waals surface area (Å²) >= 11 is 0. The van der Waals surface area contributed by atoms with Gasteiger partial charge in [-0.25, -0.2) is 0 Å². The fourth-order valence-electron chi connectivity index (χ4n) is 4.04. The lowest BCUT2D eigenvalue weighted by atomic mass is 9.99. The normalized spacial score (nSPS) is 23.6. The second-order valence-corrected chi connectivity index (χ2v) is 8.13. The van der Waals surface area contributed by atoms with Gasteiger partial charge in [-0.3, -0.25) is 4.79 Å². The molecule has 37 heavy (non-hydrogen) atoms. The number of aromatic hydroxyl groups is 2. The monoisotopic (exact) mass is 522 g/mol. The van der Waals surface area contributed by atoms with Crippen LogP contribution < -0.4 is 24.4 Å². The molecular weight excluding hydrogens is 496 g/mol. The van der Waals surface area contributed by atoms with E-state index in [-0.39, 0.29) is 51.0 Å². The van der Waals surface area contributed by atoms with Gasteiger partial charge in [0.1, 0.15) is 24.4 Å². The first kappa shape index (κ1) is 26.3. The lowest BCUT2D eigenvalue weighted by molar-refractivity contribution is -0.277. The highest BCUT2D eigenvalue weighted by Crippen LogP contribution is 2.45. The van der Waals surface area contributed by atoms with Gasteiger partial charge in [0.15, 0.2) is 28.6 Å². The lowest BCUT2D eigenvalue weighted by Crippen LogP contribution is -2.60. The third kappa shape index (κ3) is 4.47. The Morgan fingerprint density at radius 3 is 2.19 bits per heavy atom. The van der Waals surface area contributed by atoms with Crippen molar-refractivity contribution in [3.63, 3.8) is 0 Å². The molecule has 0 aliphatic carbocycles. The summed E-state index contributed by atoms with van der Waals surface area (Å²) in [5.74, 6) is -1.61. The van der Waals surface area contributed by atoms with E-state index in [1.165, 1.54) is 39.5 Å². The molecule has 1 aromatic heterocycles. The van der Waals surface area contributed by atoms with Gasteiger partial charge >= 0.3 is 0 Å². The zero-order valence-electron chi connectivity index (χ0n) is 19.9. The van der Waals surface area contributed by atoms with Crippen LogP contribution in [0.25, 0.3) is 22.3 Å². The molecular formula is C24H26O13. The summed E-state index contributed by atoms with van der Waals surface area (Å²) in [6.45, 7) is -0.685. The molecule has 3 aromatic rings. The number of phenolic OH excluding ortho intramolecular Hbond substituents is 2. The molecule has 0 saturated carbocycles. The van der Waals surface area contributed by atoms with Crippen LogP contribution >= 0.6 is 0 Å². The van der Waals surface area contributed by atoms with E-state index in [0.717, 1.165) is 6.07 Å². The molecule has 1 saturated heterocycles. The van der Waals surface area contributed by atoms with E-state index in [1.807, 2.05) is 0 Å². The largest absolute Gasteiger partial charge is 0.504 e. The molecule has 6 N–H and O–H groups in total. The van der Waals surface area contributed by atoms with Crippen molar-refractivity contribution in [2.24, 2.45) is 0 Å². The number of fused-ring (bicyclic) bond motifs is 1. The summed E-state index contributed by atoms with van der Waals surface area (Å²) in [5.41, 5.74) is -0.770. The highest BCUT2D eigenvalue weighted by Gasteiger charge is 2.45. The topological polar surface area (TPSA) is 198 Å². The van der Waals surface area contributed by atoms with Crippen LogP contribution in [0.2, 0.25) is 0 Å². The fraction of sp³-hybridized carbons (Fsp3) is 0.375. The Kier molecular flexibility index (Phi) is 7.34. The molecule has 5 atom stereocenters. The van der Waals surface area contributed by atoms with Crippen molar-refractivity contribution < 1.29 is 58.7 Å². The second kappa shape index (κ2) is 10.3. The Morgan fingerprint density at radius 2 is 1.59 bits per heavy atom. The minimum Gasteiger partial charge on any atom is -0.504 e. The number of methoxy groups -OCH3 is 3. The van der Waals surface area contributed by atoms with Gasteiger partial charge in [-0.15, -0.1) is 0 Å². The minimum atomic E-state index is -1.75. The van der Waals surface area contributed by atoms with E-state index in [2.05, 4.69) is 0 Å². The predicted octanol–water partition coefficient (Wildman–Crippen LogP) is 0.0757. The average molecular weight is 522 g/mol. The molecule has 0 amide bonds. The minimum absolute atomic E-state index is 0.0992. The van der Waals surface area contributed by atoms with Crippen LogP contribution in [-0.2, 0) is 4.74 Å². The van der Waals surface area contributed by atoms with Crippen molar-refractivity contribution in [3.8, 4) is 45.8 Å². The van der Waals surface area contributed by atoms with E-state index < -0.39 is 48.5 Å². The van der Waals surface area contributed by atoms with Crippen molar-refractivity contribution in [1.29, 1.82) is 0 Å². The number of rotatable bonds is 7. The number of aliphatic hydroxyl groups excluding tert-OH is 4. The SMILES string of the molecule is COc1ccc(-c2oc3c(O)c(OC)c(O[C@@H]4O[C@H](CO)[C@@H](O)[C@H](O)[C@H]4O)cc3c(=O)c2OC)cc1O. The van der Waals surface area contributed by atoms with Crippen LogP contribution in [0.15, 0.2) is 33.5 Å². The van der Waals surface area contributed by atoms with Gasteiger partial charge in [0, 0.05) is 5.56 Å². The average Bonchev–Trinajstić information content (AvgIpc) is 2.89. The van der Waals surface area contributed by atoms with Gasteiger partial charge in [-0.1, -0.05) is 0 Å². The zero-order valence-corrected chi connectivity index (χ0v) is 19.9. The van der Waals surface area contributed by atoms with Gasteiger partial charge in [0.2, 0.25) is 29.0 Å². The first-order chi connectivity index (χ1) is 17.7. The smallest absolute Gasteiger partial charge is 0.235 e. The molecule has 0 unspecified atom stereocenters. The van der Waals surface area contributed by atoms with Crippen LogP contribution in [0.3, 0.4) is 0 Å². The maximum atomic E-state index is 13.3. The Hall–Kier alpha value is -3.75. The molecule has 2 heterocycles. The summed E-state index contributed by atoms with van der Waals surface area (Å²) < 4.78 is 32.3. The Morgan fingerprint density at radius 1 is 0.892 bits per heavy atom. The number of benzene rings is 2. The molecule has 13 nitrogen and oxygen atoms in total. The predicted molar refractivity (Wildman–Crippen MR) is 125 cm³/mol. The van der Waals surface area contributed by atoms with Crippen molar-refractivity contribution in [3.05, 3.63) is 34.5 Å². The van der Waals surface area contributed by atoms with Crippen molar-refractivity contribution in [2.45, 2.75) is 30.7 Å². The summed E-state index contributed by atoms with van der Waals surface area (Å²) in [4.78, 5) is 13.3. The zero-order chi connectivity index (χ0) is 27.0. The van der Waals surface area contributed by atoms with Crippen LogP contribution in [-0.4, -0.2) is 89.3 Å². The van der Waals surface area contributed by atoms with Crippen molar-refractivity contribution >= 4 is 11.0 Å². The van der Waals surface area contributed by atoms with Gasteiger partial charge < -0.3 is 58.7 Å². The first-order valence-corrected chi connectivity index (χ1v) is 11.0. The molecule has 0 spiro atoms. The molecule has 0 radical (unpaired) electrons. The van der Waals surface area contributed by atoms with Gasteiger partial charge in [0.05, 0.1) is 33.3 Å². The van der Waals surface area contributed by atoms with E-state index >= 15 is 0 Å². The molecule has 4 rings (SSSR count). The Bertz CT molecular complexity index is 1350. The molecule has 0 bridgehead atoms. The molecule has 200 valence electrons. The summed E-state index contributed by atoms with van der Waals surface area (Å²) in [7, 11) is 3.81. The van der Waals surface area contributed by atoms with E-state index in [0.29, 0.717) is 0 Å². The molecule has 2 aromatic carbocycles. The first-order valence-electron chi connectivity index (χ1n) is 11.0. The lowest BCUT2D eigenvalue weighted by Gasteiger charge is -2.39. The van der Waals surface area contributed by atoms with Crippen LogP contribution in [0.1, 0.15) is 0 Å².